The molecule has 0 aromatic heterocycles. The minimum atomic E-state index is -1.54. The van der Waals surface area contributed by atoms with Crippen molar-refractivity contribution in [2.45, 2.75) is 12.5 Å². The number of carboxylic acid groups (broad SMARTS) is 1. The van der Waals surface area contributed by atoms with Crippen molar-refractivity contribution in [3.05, 3.63) is 28.8 Å². The number of benzene rings is 1. The van der Waals surface area contributed by atoms with Gasteiger partial charge in [-0.3, -0.25) is 4.79 Å². The van der Waals surface area contributed by atoms with Gasteiger partial charge in [0.05, 0.1) is 11.6 Å². The van der Waals surface area contributed by atoms with Crippen LogP contribution in [0.15, 0.2) is 18.2 Å². The molecule has 0 heterocycles. The third-order valence-corrected chi connectivity index (χ3v) is 2.59. The third kappa shape index (κ3) is 3.21. The molecule has 0 saturated heterocycles. The molecular formula is C12H13ClO5. The third-order valence-electron chi connectivity index (χ3n) is 2.30. The predicted molar refractivity (Wildman–Crippen MR) is 65.4 cm³/mol. The molecule has 5 nitrogen and oxygen atoms in total. The molecule has 1 unspecified atom stereocenters. The molecule has 6 heteroatoms. The molecule has 1 atom stereocenters. The summed E-state index contributed by atoms with van der Waals surface area (Å²) in [6.45, 7) is 1.25. The Bertz CT molecular complexity index is 460. The Morgan fingerprint density at radius 1 is 1.56 bits per heavy atom. The zero-order valence-electron chi connectivity index (χ0n) is 9.97. The number of carbonyl (C=O) groups is 2. The highest BCUT2D eigenvalue weighted by atomic mass is 35.5. The summed E-state index contributed by atoms with van der Waals surface area (Å²) in [5.74, 6) is -0.982. The van der Waals surface area contributed by atoms with E-state index >= 15 is 0 Å². The average molecular weight is 273 g/mol. The summed E-state index contributed by atoms with van der Waals surface area (Å²) in [6, 6.07) is 4.34. The second-order valence-corrected chi connectivity index (χ2v) is 4.29. The first-order valence-corrected chi connectivity index (χ1v) is 5.47. The van der Waals surface area contributed by atoms with Crippen LogP contribution in [0.2, 0.25) is 5.02 Å². The zero-order valence-corrected chi connectivity index (χ0v) is 10.7. The van der Waals surface area contributed by atoms with Gasteiger partial charge in [0.25, 0.3) is 0 Å². The van der Waals surface area contributed by atoms with E-state index in [0.29, 0.717) is 11.8 Å². The Labute approximate surface area is 109 Å². The number of aldehydes is 1. The molecule has 18 heavy (non-hydrogen) atoms. The lowest BCUT2D eigenvalue weighted by molar-refractivity contribution is -0.158. The van der Waals surface area contributed by atoms with E-state index in [-0.39, 0.29) is 17.4 Å². The fraction of sp³-hybridized carbons (Fsp3) is 0.333. The van der Waals surface area contributed by atoms with Gasteiger partial charge in [-0.2, -0.15) is 0 Å². The number of carboxylic acids is 1. The highest BCUT2D eigenvalue weighted by Crippen LogP contribution is 2.28. The Balaban J connectivity index is 3.01. The topological polar surface area (TPSA) is 72.8 Å². The van der Waals surface area contributed by atoms with E-state index in [1.54, 1.807) is 0 Å². The highest BCUT2D eigenvalue weighted by Gasteiger charge is 2.36. The van der Waals surface area contributed by atoms with Gasteiger partial charge in [0.1, 0.15) is 12.0 Å². The second-order valence-electron chi connectivity index (χ2n) is 3.88. The predicted octanol–water partition coefficient (Wildman–Crippen LogP) is 2.02. The largest absolute Gasteiger partial charge is 0.478 e. The van der Waals surface area contributed by atoms with Crippen LogP contribution in [0.3, 0.4) is 0 Å². The number of aliphatic carboxylic acids is 1. The van der Waals surface area contributed by atoms with Crippen LogP contribution in [0.4, 0.5) is 0 Å². The molecule has 0 spiro atoms. The maximum Gasteiger partial charge on any atom is 0.350 e. The highest BCUT2D eigenvalue weighted by molar-refractivity contribution is 6.32. The van der Waals surface area contributed by atoms with Gasteiger partial charge >= 0.3 is 5.97 Å². The van der Waals surface area contributed by atoms with E-state index in [0.717, 1.165) is 0 Å². The molecule has 1 aromatic rings. The Morgan fingerprint density at radius 2 is 2.22 bits per heavy atom. The quantitative estimate of drug-likeness (QED) is 0.802. The molecule has 0 saturated carbocycles. The zero-order chi connectivity index (χ0) is 13.8. The Morgan fingerprint density at radius 3 is 2.67 bits per heavy atom. The molecule has 0 aliphatic carbocycles. The number of ether oxygens (including phenoxy) is 2. The lowest BCUT2D eigenvalue weighted by atomic mass is 10.1. The minimum Gasteiger partial charge on any atom is -0.478 e. The summed E-state index contributed by atoms with van der Waals surface area (Å²) in [6.07, 6.45) is 0.640. The van der Waals surface area contributed by atoms with Gasteiger partial charge in [0.15, 0.2) is 0 Å². The van der Waals surface area contributed by atoms with Crippen molar-refractivity contribution in [1.29, 1.82) is 0 Å². The van der Waals surface area contributed by atoms with Crippen molar-refractivity contribution in [1.82, 2.24) is 0 Å². The van der Waals surface area contributed by atoms with Crippen molar-refractivity contribution in [2.75, 3.05) is 13.7 Å². The normalized spacial score (nSPS) is 13.7. The molecule has 0 aliphatic heterocycles. The van der Waals surface area contributed by atoms with Crippen LogP contribution in [0.25, 0.3) is 0 Å². The fourth-order valence-electron chi connectivity index (χ4n) is 1.33. The van der Waals surface area contributed by atoms with Crippen LogP contribution in [0, 0.1) is 0 Å². The number of methoxy groups -OCH3 is 1. The van der Waals surface area contributed by atoms with Gasteiger partial charge in [-0.05, 0) is 25.1 Å². The first-order chi connectivity index (χ1) is 8.42. The molecule has 0 bridgehead atoms. The van der Waals surface area contributed by atoms with E-state index in [2.05, 4.69) is 0 Å². The van der Waals surface area contributed by atoms with Crippen LogP contribution in [-0.4, -0.2) is 36.7 Å². The van der Waals surface area contributed by atoms with E-state index in [9.17, 15) is 9.59 Å². The van der Waals surface area contributed by atoms with E-state index in [1.807, 2.05) is 0 Å². The van der Waals surface area contributed by atoms with Crippen LogP contribution >= 0.6 is 11.6 Å². The van der Waals surface area contributed by atoms with Crippen molar-refractivity contribution in [3.8, 4) is 5.75 Å². The summed E-state index contributed by atoms with van der Waals surface area (Å²) in [5, 5.41) is 9.28. The summed E-state index contributed by atoms with van der Waals surface area (Å²) < 4.78 is 10.2. The standard InChI is InChI=1S/C12H13ClO5/c1-12(7-17-2,11(15)16)18-10-4-3-8(6-14)5-9(10)13/h3-6H,7H2,1-2H3,(H,15,16). The van der Waals surface area contributed by atoms with Crippen LogP contribution in [-0.2, 0) is 9.53 Å². The molecule has 0 radical (unpaired) electrons. The van der Waals surface area contributed by atoms with Gasteiger partial charge in [0.2, 0.25) is 5.60 Å². The van der Waals surface area contributed by atoms with Gasteiger partial charge in [-0.15, -0.1) is 0 Å². The lowest BCUT2D eigenvalue weighted by Gasteiger charge is -2.25. The minimum absolute atomic E-state index is 0.131. The molecule has 0 amide bonds. The summed E-state index contributed by atoms with van der Waals surface area (Å²) in [7, 11) is 1.38. The van der Waals surface area contributed by atoms with Crippen LogP contribution < -0.4 is 4.74 Å². The molecule has 0 fully saturated rings. The monoisotopic (exact) mass is 272 g/mol. The van der Waals surface area contributed by atoms with E-state index in [1.165, 1.54) is 32.2 Å². The van der Waals surface area contributed by atoms with Crippen LogP contribution in [0.1, 0.15) is 17.3 Å². The summed E-state index contributed by atoms with van der Waals surface area (Å²) >= 11 is 5.90. The van der Waals surface area contributed by atoms with E-state index in [4.69, 9.17) is 26.2 Å². The number of rotatable bonds is 6. The van der Waals surface area contributed by atoms with Gasteiger partial charge < -0.3 is 14.6 Å². The lowest BCUT2D eigenvalue weighted by Crippen LogP contribution is -2.45. The number of hydrogen-bond acceptors (Lipinski definition) is 4. The molecule has 1 aromatic carbocycles. The molecule has 98 valence electrons. The van der Waals surface area contributed by atoms with Crippen LogP contribution in [0.5, 0.6) is 5.75 Å². The van der Waals surface area contributed by atoms with Gasteiger partial charge in [0, 0.05) is 12.7 Å². The first kappa shape index (κ1) is 14.5. The number of halogens is 1. The number of hydrogen-bond donors (Lipinski definition) is 1. The van der Waals surface area contributed by atoms with Crippen molar-refractivity contribution < 1.29 is 24.2 Å². The second kappa shape index (κ2) is 5.84. The Kier molecular flexibility index (Phi) is 4.69. The smallest absolute Gasteiger partial charge is 0.350 e. The summed E-state index contributed by atoms with van der Waals surface area (Å²) in [4.78, 5) is 21.7. The molecule has 1 N–H and O–H groups in total. The van der Waals surface area contributed by atoms with Gasteiger partial charge in [-0.25, -0.2) is 4.79 Å². The van der Waals surface area contributed by atoms with E-state index < -0.39 is 11.6 Å². The van der Waals surface area contributed by atoms with Crippen molar-refractivity contribution in [2.24, 2.45) is 0 Å². The first-order valence-electron chi connectivity index (χ1n) is 5.09. The average Bonchev–Trinajstić information content (AvgIpc) is 2.32. The molecule has 1 rings (SSSR count). The fourth-order valence-corrected chi connectivity index (χ4v) is 1.55. The Hall–Kier alpha value is -1.59. The SMILES string of the molecule is COCC(C)(Oc1ccc(C=O)cc1Cl)C(=O)O. The molecular weight excluding hydrogens is 260 g/mol. The molecule has 0 aliphatic rings. The van der Waals surface area contributed by atoms with Crippen molar-refractivity contribution in [3.63, 3.8) is 0 Å². The summed E-state index contributed by atoms with van der Waals surface area (Å²) in [5.41, 5.74) is -1.16. The van der Waals surface area contributed by atoms with Gasteiger partial charge in [-0.1, -0.05) is 11.6 Å². The van der Waals surface area contributed by atoms with Crippen molar-refractivity contribution >= 4 is 23.9 Å². The number of carbonyl (C=O) groups excluding carboxylic acids is 1. The maximum absolute atomic E-state index is 11.1. The maximum atomic E-state index is 11.1.